The average Bonchev–Trinajstić information content (AvgIpc) is 3.43. The van der Waals surface area contributed by atoms with Crippen molar-refractivity contribution in [2.24, 2.45) is 0 Å². The average molecular weight is 491 g/mol. The Labute approximate surface area is 209 Å². The Morgan fingerprint density at radius 1 is 1.06 bits per heavy atom. The van der Waals surface area contributed by atoms with Gasteiger partial charge in [0.1, 0.15) is 17.9 Å². The topological polar surface area (TPSA) is 101 Å². The summed E-state index contributed by atoms with van der Waals surface area (Å²) in [6.45, 7) is 2.35. The molecule has 3 atom stereocenters. The minimum atomic E-state index is -0.605. The van der Waals surface area contributed by atoms with Crippen molar-refractivity contribution in [3.63, 3.8) is 0 Å². The highest BCUT2D eigenvalue weighted by Crippen LogP contribution is 2.37. The van der Waals surface area contributed by atoms with E-state index >= 15 is 0 Å². The van der Waals surface area contributed by atoms with Gasteiger partial charge in [0.2, 0.25) is 17.7 Å². The van der Waals surface area contributed by atoms with Crippen LogP contribution in [-0.2, 0) is 16.1 Å². The number of pyridine rings is 1. The van der Waals surface area contributed by atoms with Gasteiger partial charge in [0, 0.05) is 55.8 Å². The minimum Gasteiger partial charge on any atom is -0.489 e. The molecule has 4 aliphatic rings. The molecule has 3 aliphatic heterocycles. The summed E-state index contributed by atoms with van der Waals surface area (Å²) in [4.78, 5) is 45.2. The summed E-state index contributed by atoms with van der Waals surface area (Å²) in [6, 6.07) is 9.39. The summed E-state index contributed by atoms with van der Waals surface area (Å²) in [5.74, 6) is 1.04. The molecule has 0 bridgehead atoms. The second-order valence-electron chi connectivity index (χ2n) is 10.2. The Morgan fingerprint density at radius 2 is 1.92 bits per heavy atom. The molecule has 1 aliphatic carbocycles. The van der Waals surface area contributed by atoms with Gasteiger partial charge in [-0.1, -0.05) is 6.07 Å². The molecular formula is C27H30N4O5. The lowest BCUT2D eigenvalue weighted by Crippen LogP contribution is -2.54. The predicted molar refractivity (Wildman–Crippen MR) is 130 cm³/mol. The third-order valence-corrected chi connectivity index (χ3v) is 8.02. The first kappa shape index (κ1) is 23.0. The number of imide groups is 1. The summed E-state index contributed by atoms with van der Waals surface area (Å²) in [5.41, 5.74) is 2.72. The molecule has 36 heavy (non-hydrogen) atoms. The summed E-state index contributed by atoms with van der Waals surface area (Å²) in [5, 5.41) is 2.35. The van der Waals surface area contributed by atoms with Gasteiger partial charge in [0.05, 0.1) is 7.11 Å². The van der Waals surface area contributed by atoms with Crippen molar-refractivity contribution in [2.75, 3.05) is 20.2 Å². The van der Waals surface area contributed by atoms with Crippen LogP contribution in [0.15, 0.2) is 36.5 Å². The number of ether oxygens (including phenoxy) is 2. The molecule has 3 amide bonds. The van der Waals surface area contributed by atoms with Crippen molar-refractivity contribution >= 4 is 17.7 Å². The first-order valence-electron chi connectivity index (χ1n) is 12.7. The smallest absolute Gasteiger partial charge is 0.255 e. The fourth-order valence-electron chi connectivity index (χ4n) is 6.01. The van der Waals surface area contributed by atoms with E-state index in [-0.39, 0.29) is 24.3 Å². The Kier molecular flexibility index (Phi) is 5.87. The van der Waals surface area contributed by atoms with Gasteiger partial charge < -0.3 is 14.4 Å². The number of nitrogens with one attached hydrogen (secondary N) is 1. The summed E-state index contributed by atoms with van der Waals surface area (Å²) < 4.78 is 11.6. The summed E-state index contributed by atoms with van der Waals surface area (Å²) in [6.07, 6.45) is 5.89. The minimum absolute atomic E-state index is 0.112. The first-order valence-corrected chi connectivity index (χ1v) is 12.7. The second-order valence-corrected chi connectivity index (χ2v) is 10.2. The van der Waals surface area contributed by atoms with Crippen LogP contribution in [-0.4, -0.2) is 70.9 Å². The van der Waals surface area contributed by atoms with Gasteiger partial charge >= 0.3 is 0 Å². The zero-order valence-corrected chi connectivity index (χ0v) is 20.3. The number of fused-ring (bicyclic) bond motifs is 1. The van der Waals surface area contributed by atoms with Gasteiger partial charge in [-0.2, -0.15) is 0 Å². The van der Waals surface area contributed by atoms with Gasteiger partial charge in [-0.25, -0.2) is 4.98 Å². The van der Waals surface area contributed by atoms with E-state index in [4.69, 9.17) is 9.47 Å². The number of carbonyl (C=O) groups is 3. The number of nitrogens with zero attached hydrogens (tertiary/aromatic N) is 3. The number of carbonyl (C=O) groups excluding carboxylic acids is 3. The normalized spacial score (nSPS) is 26.5. The van der Waals surface area contributed by atoms with Crippen LogP contribution in [0.4, 0.5) is 0 Å². The summed E-state index contributed by atoms with van der Waals surface area (Å²) in [7, 11) is 1.63. The lowest BCUT2D eigenvalue weighted by Gasteiger charge is -2.45. The van der Waals surface area contributed by atoms with Crippen molar-refractivity contribution in [3.05, 3.63) is 53.2 Å². The third kappa shape index (κ3) is 4.11. The number of hydrogen-bond donors (Lipinski definition) is 1. The Bertz CT molecular complexity index is 1190. The molecule has 9 heteroatoms. The zero-order chi connectivity index (χ0) is 24.8. The van der Waals surface area contributed by atoms with Crippen LogP contribution >= 0.6 is 0 Å². The molecule has 6 rings (SSSR count). The monoisotopic (exact) mass is 490 g/mol. The van der Waals surface area contributed by atoms with Crippen molar-refractivity contribution < 1.29 is 23.9 Å². The van der Waals surface area contributed by atoms with Crippen LogP contribution in [0.25, 0.3) is 0 Å². The van der Waals surface area contributed by atoms with E-state index in [0.29, 0.717) is 36.4 Å². The zero-order valence-electron chi connectivity index (χ0n) is 20.3. The number of rotatable bonds is 6. The molecule has 0 spiro atoms. The van der Waals surface area contributed by atoms with Gasteiger partial charge in [-0.05, 0) is 55.0 Å². The maximum atomic E-state index is 13.0. The molecule has 1 aromatic heterocycles. The molecule has 1 aromatic carbocycles. The molecule has 188 valence electrons. The highest BCUT2D eigenvalue weighted by atomic mass is 16.5. The van der Waals surface area contributed by atoms with Crippen LogP contribution in [0.5, 0.6) is 11.6 Å². The molecule has 3 fully saturated rings. The molecule has 2 aromatic rings. The van der Waals surface area contributed by atoms with Crippen molar-refractivity contribution in [1.29, 1.82) is 0 Å². The lowest BCUT2D eigenvalue weighted by molar-refractivity contribution is -0.136. The lowest BCUT2D eigenvalue weighted by atomic mass is 9.90. The van der Waals surface area contributed by atoms with Gasteiger partial charge in [0.25, 0.3) is 5.91 Å². The fraction of sp³-hybridized carbons (Fsp3) is 0.481. The quantitative estimate of drug-likeness (QED) is 0.620. The number of likely N-dealkylation sites (tertiary alicyclic amines) is 1. The maximum Gasteiger partial charge on any atom is 0.255 e. The number of piperidine rings is 1. The van der Waals surface area contributed by atoms with Gasteiger partial charge in [-0.3, -0.25) is 24.6 Å². The van der Waals surface area contributed by atoms with Crippen LogP contribution in [0.3, 0.4) is 0 Å². The molecule has 1 unspecified atom stereocenters. The number of methoxy groups -OCH3 is 1. The van der Waals surface area contributed by atoms with Crippen LogP contribution in [0, 0.1) is 0 Å². The van der Waals surface area contributed by atoms with E-state index in [2.05, 4.69) is 21.3 Å². The highest BCUT2D eigenvalue weighted by molar-refractivity contribution is 6.05. The SMILES string of the molecule is COc1ccc(C2CN([C@@H]3CCC[C@@H]3Oc3ccc4c(c3)CN(C3CCC(=O)NC3=O)C4=O)C2)cn1. The largest absolute Gasteiger partial charge is 0.489 e. The predicted octanol–water partition coefficient (Wildman–Crippen LogP) is 2.25. The Morgan fingerprint density at radius 3 is 2.67 bits per heavy atom. The molecule has 2 saturated heterocycles. The van der Waals surface area contributed by atoms with E-state index < -0.39 is 11.9 Å². The highest BCUT2D eigenvalue weighted by Gasteiger charge is 2.42. The standard InChI is InChI=1S/C27H30N4O5/c1-35-25-10-5-16(12-28-25)18-13-30(14-18)21-3-2-4-23(21)36-19-6-7-20-17(11-19)15-31(27(20)34)22-8-9-24(32)29-26(22)33/h5-7,10-12,18,21-23H,2-4,8-9,13-15H2,1H3,(H,29,32,33)/t21-,22?,23+/m1/s1. The first-order chi connectivity index (χ1) is 17.5. The number of amides is 3. The van der Waals surface area contributed by atoms with E-state index in [1.807, 2.05) is 24.4 Å². The number of hydrogen-bond acceptors (Lipinski definition) is 7. The molecule has 1 N–H and O–H groups in total. The number of benzene rings is 1. The van der Waals surface area contributed by atoms with Crippen molar-refractivity contribution in [1.82, 2.24) is 20.1 Å². The maximum absolute atomic E-state index is 13.0. The van der Waals surface area contributed by atoms with E-state index in [1.165, 1.54) is 5.56 Å². The molecule has 9 nitrogen and oxygen atoms in total. The third-order valence-electron chi connectivity index (χ3n) is 8.02. The van der Waals surface area contributed by atoms with E-state index in [0.717, 1.165) is 43.7 Å². The molecule has 4 heterocycles. The van der Waals surface area contributed by atoms with Gasteiger partial charge in [0.15, 0.2) is 0 Å². The fourth-order valence-corrected chi connectivity index (χ4v) is 6.01. The van der Waals surface area contributed by atoms with Crippen LogP contribution < -0.4 is 14.8 Å². The van der Waals surface area contributed by atoms with Crippen molar-refractivity contribution in [2.45, 2.75) is 62.8 Å². The molecule has 0 radical (unpaired) electrons. The Hall–Kier alpha value is -3.46. The molecular weight excluding hydrogens is 460 g/mol. The van der Waals surface area contributed by atoms with E-state index in [1.54, 1.807) is 18.1 Å². The van der Waals surface area contributed by atoms with Crippen molar-refractivity contribution in [3.8, 4) is 11.6 Å². The molecule has 1 saturated carbocycles. The van der Waals surface area contributed by atoms with Crippen LogP contribution in [0.1, 0.15) is 59.5 Å². The number of aromatic nitrogens is 1. The second kappa shape index (κ2) is 9.20. The van der Waals surface area contributed by atoms with Crippen LogP contribution in [0.2, 0.25) is 0 Å². The Balaban J connectivity index is 1.09. The summed E-state index contributed by atoms with van der Waals surface area (Å²) >= 11 is 0. The van der Waals surface area contributed by atoms with E-state index in [9.17, 15) is 14.4 Å². The van der Waals surface area contributed by atoms with Gasteiger partial charge in [-0.15, -0.1) is 0 Å².